The predicted molar refractivity (Wildman–Crippen MR) is 111 cm³/mol. The van der Waals surface area contributed by atoms with Crippen molar-refractivity contribution in [3.8, 4) is 17.2 Å². The molecule has 0 radical (unpaired) electrons. The van der Waals surface area contributed by atoms with Gasteiger partial charge < -0.3 is 19.3 Å². The number of likely N-dealkylation sites (tertiary alicyclic amines) is 1. The Morgan fingerprint density at radius 1 is 1.07 bits per heavy atom. The van der Waals surface area contributed by atoms with Gasteiger partial charge in [-0.3, -0.25) is 9.69 Å². The van der Waals surface area contributed by atoms with E-state index in [1.54, 1.807) is 0 Å². The fourth-order valence-electron chi connectivity index (χ4n) is 3.51. The molecule has 156 valence electrons. The van der Waals surface area contributed by atoms with Gasteiger partial charge in [0, 0.05) is 6.54 Å². The van der Waals surface area contributed by atoms with Crippen LogP contribution in [0.1, 0.15) is 30.9 Å². The number of ether oxygens (including phenoxy) is 3. The summed E-state index contributed by atoms with van der Waals surface area (Å²) in [6.45, 7) is 6.73. The molecule has 1 atom stereocenters. The second-order valence-electron chi connectivity index (χ2n) is 7.19. The Hall–Kier alpha value is -2.73. The standard InChI is InChI=1S/C23H29NO5/c1-3-27-22-15-18(16-24-12-4-5-20(24)23(25)26)8-11-21(22)29-14-13-28-19-9-6-17(2)7-10-19/h6-11,15,20H,3-5,12-14,16H2,1-2H3,(H,25,26). The molecule has 0 aliphatic carbocycles. The van der Waals surface area contributed by atoms with E-state index in [2.05, 4.69) is 0 Å². The SMILES string of the molecule is CCOc1cc(CN2CCCC2C(=O)O)ccc1OCCOc1ccc(C)cc1. The summed E-state index contributed by atoms with van der Waals surface area (Å²) in [7, 11) is 0. The van der Waals surface area contributed by atoms with E-state index in [0.717, 1.165) is 24.3 Å². The van der Waals surface area contributed by atoms with Crippen molar-refractivity contribution >= 4 is 5.97 Å². The molecule has 1 aliphatic heterocycles. The van der Waals surface area contributed by atoms with Crippen LogP contribution in [0.2, 0.25) is 0 Å². The van der Waals surface area contributed by atoms with E-state index in [0.29, 0.717) is 44.3 Å². The summed E-state index contributed by atoms with van der Waals surface area (Å²) in [6, 6.07) is 13.3. The normalized spacial score (nSPS) is 16.6. The van der Waals surface area contributed by atoms with Gasteiger partial charge in [-0.05, 0) is 63.1 Å². The minimum Gasteiger partial charge on any atom is -0.490 e. The first-order valence-corrected chi connectivity index (χ1v) is 10.1. The summed E-state index contributed by atoms with van der Waals surface area (Å²) < 4.78 is 17.3. The molecule has 2 aromatic rings. The van der Waals surface area contributed by atoms with Crippen LogP contribution in [-0.2, 0) is 11.3 Å². The van der Waals surface area contributed by atoms with Crippen LogP contribution >= 0.6 is 0 Å². The van der Waals surface area contributed by atoms with Crippen LogP contribution in [0.3, 0.4) is 0 Å². The molecule has 6 heteroatoms. The lowest BCUT2D eigenvalue weighted by Crippen LogP contribution is -2.35. The van der Waals surface area contributed by atoms with Crippen molar-refractivity contribution in [2.24, 2.45) is 0 Å². The van der Waals surface area contributed by atoms with Gasteiger partial charge in [0.05, 0.1) is 6.61 Å². The largest absolute Gasteiger partial charge is 0.490 e. The number of hydrogen-bond donors (Lipinski definition) is 1. The lowest BCUT2D eigenvalue weighted by atomic mass is 10.1. The fraction of sp³-hybridized carbons (Fsp3) is 0.435. The first-order chi connectivity index (χ1) is 14.1. The van der Waals surface area contributed by atoms with Crippen LogP contribution in [0.15, 0.2) is 42.5 Å². The molecule has 0 spiro atoms. The van der Waals surface area contributed by atoms with Crippen molar-refractivity contribution in [2.75, 3.05) is 26.4 Å². The van der Waals surface area contributed by atoms with Gasteiger partial charge in [0.25, 0.3) is 0 Å². The first kappa shape index (κ1) is 21.0. The number of benzene rings is 2. The molecule has 1 unspecified atom stereocenters. The third-order valence-corrected chi connectivity index (χ3v) is 4.97. The third-order valence-electron chi connectivity index (χ3n) is 4.97. The van der Waals surface area contributed by atoms with Crippen LogP contribution in [0.4, 0.5) is 0 Å². The second kappa shape index (κ2) is 10.2. The van der Waals surface area contributed by atoms with Gasteiger partial charge in [-0.1, -0.05) is 23.8 Å². The maximum atomic E-state index is 11.4. The Morgan fingerprint density at radius 2 is 1.83 bits per heavy atom. The summed E-state index contributed by atoms with van der Waals surface area (Å²) in [6.07, 6.45) is 1.62. The average Bonchev–Trinajstić information content (AvgIpc) is 3.17. The molecule has 0 bridgehead atoms. The number of carboxylic acid groups (broad SMARTS) is 1. The van der Waals surface area contributed by atoms with E-state index in [-0.39, 0.29) is 0 Å². The van der Waals surface area contributed by atoms with Gasteiger partial charge in [0.15, 0.2) is 11.5 Å². The van der Waals surface area contributed by atoms with Crippen LogP contribution in [0.5, 0.6) is 17.2 Å². The van der Waals surface area contributed by atoms with Gasteiger partial charge in [0.2, 0.25) is 0 Å². The van der Waals surface area contributed by atoms with Crippen LogP contribution in [-0.4, -0.2) is 48.4 Å². The molecule has 1 saturated heterocycles. The fourth-order valence-corrected chi connectivity index (χ4v) is 3.51. The van der Waals surface area contributed by atoms with Gasteiger partial charge in [-0.2, -0.15) is 0 Å². The monoisotopic (exact) mass is 399 g/mol. The molecular formula is C23H29NO5. The van der Waals surface area contributed by atoms with Crippen LogP contribution in [0.25, 0.3) is 0 Å². The summed E-state index contributed by atoms with van der Waals surface area (Å²) in [5, 5.41) is 9.36. The number of nitrogens with zero attached hydrogens (tertiary/aromatic N) is 1. The third kappa shape index (κ3) is 5.87. The van der Waals surface area contributed by atoms with Gasteiger partial charge >= 0.3 is 5.97 Å². The average molecular weight is 399 g/mol. The first-order valence-electron chi connectivity index (χ1n) is 10.1. The van der Waals surface area contributed by atoms with Crippen molar-refractivity contribution in [3.63, 3.8) is 0 Å². The Balaban J connectivity index is 1.57. The number of aliphatic carboxylic acids is 1. The van der Waals surface area contributed by atoms with E-state index in [4.69, 9.17) is 14.2 Å². The van der Waals surface area contributed by atoms with Crippen molar-refractivity contribution in [2.45, 2.75) is 39.3 Å². The summed E-state index contributed by atoms with van der Waals surface area (Å²) in [5.74, 6) is 1.41. The number of carbonyl (C=O) groups is 1. The summed E-state index contributed by atoms with van der Waals surface area (Å²) >= 11 is 0. The van der Waals surface area contributed by atoms with Gasteiger partial charge in [0.1, 0.15) is 25.0 Å². The zero-order valence-corrected chi connectivity index (χ0v) is 17.1. The summed E-state index contributed by atoms with van der Waals surface area (Å²) in [5.41, 5.74) is 2.21. The zero-order valence-electron chi connectivity index (χ0n) is 17.1. The van der Waals surface area contributed by atoms with Crippen LogP contribution in [0, 0.1) is 6.92 Å². The minimum absolute atomic E-state index is 0.402. The van der Waals surface area contributed by atoms with E-state index in [1.807, 2.05) is 61.2 Å². The van der Waals surface area contributed by atoms with E-state index < -0.39 is 12.0 Å². The van der Waals surface area contributed by atoms with Crippen molar-refractivity contribution < 1.29 is 24.1 Å². The Bertz CT molecular complexity index is 805. The molecule has 0 saturated carbocycles. The molecule has 29 heavy (non-hydrogen) atoms. The highest BCUT2D eigenvalue weighted by Gasteiger charge is 2.30. The molecule has 0 amide bonds. The second-order valence-corrected chi connectivity index (χ2v) is 7.19. The zero-order chi connectivity index (χ0) is 20.6. The number of carboxylic acids is 1. The molecule has 0 aromatic heterocycles. The number of hydrogen-bond acceptors (Lipinski definition) is 5. The molecule has 3 rings (SSSR count). The Labute approximate surface area is 172 Å². The topological polar surface area (TPSA) is 68.2 Å². The quantitative estimate of drug-likeness (QED) is 0.611. The Morgan fingerprint density at radius 3 is 2.55 bits per heavy atom. The summed E-state index contributed by atoms with van der Waals surface area (Å²) in [4.78, 5) is 13.4. The van der Waals surface area contributed by atoms with Crippen molar-refractivity contribution in [1.82, 2.24) is 4.90 Å². The smallest absolute Gasteiger partial charge is 0.320 e. The number of aryl methyl sites for hydroxylation is 1. The lowest BCUT2D eigenvalue weighted by Gasteiger charge is -2.21. The lowest BCUT2D eigenvalue weighted by molar-refractivity contribution is -0.142. The van der Waals surface area contributed by atoms with Crippen molar-refractivity contribution in [1.29, 1.82) is 0 Å². The highest BCUT2D eigenvalue weighted by Crippen LogP contribution is 2.30. The van der Waals surface area contributed by atoms with Gasteiger partial charge in [-0.25, -0.2) is 0 Å². The van der Waals surface area contributed by atoms with Gasteiger partial charge in [-0.15, -0.1) is 0 Å². The van der Waals surface area contributed by atoms with E-state index in [9.17, 15) is 9.90 Å². The predicted octanol–water partition coefficient (Wildman–Crippen LogP) is 3.90. The molecule has 1 fully saturated rings. The minimum atomic E-state index is -0.749. The molecular weight excluding hydrogens is 370 g/mol. The van der Waals surface area contributed by atoms with E-state index in [1.165, 1.54) is 5.56 Å². The molecule has 1 N–H and O–H groups in total. The molecule has 2 aromatic carbocycles. The van der Waals surface area contributed by atoms with E-state index >= 15 is 0 Å². The maximum Gasteiger partial charge on any atom is 0.320 e. The highest BCUT2D eigenvalue weighted by atomic mass is 16.5. The van der Waals surface area contributed by atoms with Crippen LogP contribution < -0.4 is 14.2 Å². The number of rotatable bonds is 10. The molecule has 6 nitrogen and oxygen atoms in total. The van der Waals surface area contributed by atoms with Crippen molar-refractivity contribution in [3.05, 3.63) is 53.6 Å². The highest BCUT2D eigenvalue weighted by molar-refractivity contribution is 5.73. The maximum absolute atomic E-state index is 11.4. The molecule has 1 heterocycles. The molecule has 1 aliphatic rings. The Kier molecular flexibility index (Phi) is 7.36.